The molecule has 1 aromatic carbocycles. The predicted octanol–water partition coefficient (Wildman–Crippen LogP) is 2.68. The van der Waals surface area contributed by atoms with Crippen molar-refractivity contribution in [1.29, 1.82) is 0 Å². The van der Waals surface area contributed by atoms with Crippen molar-refractivity contribution < 1.29 is 18.6 Å². The van der Waals surface area contributed by atoms with Crippen LogP contribution in [0.4, 0.5) is 4.39 Å². The molecule has 0 aromatic heterocycles. The van der Waals surface area contributed by atoms with Crippen molar-refractivity contribution in [1.82, 2.24) is 0 Å². The van der Waals surface area contributed by atoms with Crippen molar-refractivity contribution in [2.24, 2.45) is 5.73 Å². The minimum absolute atomic E-state index is 0.102. The van der Waals surface area contributed by atoms with E-state index in [0.717, 1.165) is 32.1 Å². The molecular formula is C14H18FNO3. The molecule has 1 saturated carbocycles. The summed E-state index contributed by atoms with van der Waals surface area (Å²) in [5.41, 5.74) is 6.55. The number of methoxy groups -OCH3 is 1. The minimum Gasteiger partial charge on any atom is -0.493 e. The zero-order chi connectivity index (χ0) is 13.5. The Morgan fingerprint density at radius 2 is 2.00 bits per heavy atom. The Bertz CT molecular complexity index is 494. The van der Waals surface area contributed by atoms with E-state index in [1.165, 1.54) is 13.2 Å². The lowest BCUT2D eigenvalue weighted by atomic mass is 9.76. The maximum atomic E-state index is 14.1. The monoisotopic (exact) mass is 267 g/mol. The van der Waals surface area contributed by atoms with E-state index in [1.807, 2.05) is 0 Å². The molecule has 0 radical (unpaired) electrons. The van der Waals surface area contributed by atoms with Crippen molar-refractivity contribution in [2.75, 3.05) is 13.9 Å². The van der Waals surface area contributed by atoms with Gasteiger partial charge in [0.1, 0.15) is 0 Å². The van der Waals surface area contributed by atoms with Gasteiger partial charge in [-0.1, -0.05) is 19.3 Å². The van der Waals surface area contributed by atoms with Crippen molar-refractivity contribution in [3.8, 4) is 17.2 Å². The third kappa shape index (κ3) is 1.92. The molecule has 4 nitrogen and oxygen atoms in total. The summed E-state index contributed by atoms with van der Waals surface area (Å²) in [7, 11) is 1.45. The molecule has 5 heteroatoms. The Hall–Kier alpha value is -1.49. The second kappa shape index (κ2) is 4.56. The van der Waals surface area contributed by atoms with Crippen LogP contribution in [0.15, 0.2) is 6.07 Å². The molecule has 0 saturated heterocycles. The molecule has 0 atom stereocenters. The largest absolute Gasteiger partial charge is 0.493 e. The molecule has 2 aliphatic rings. The summed E-state index contributed by atoms with van der Waals surface area (Å²) >= 11 is 0. The normalized spacial score (nSPS) is 20.4. The van der Waals surface area contributed by atoms with Crippen molar-refractivity contribution >= 4 is 0 Å². The molecule has 1 heterocycles. The maximum absolute atomic E-state index is 14.1. The van der Waals surface area contributed by atoms with Crippen LogP contribution in [0, 0.1) is 5.82 Å². The molecule has 0 bridgehead atoms. The van der Waals surface area contributed by atoms with Gasteiger partial charge >= 0.3 is 0 Å². The first kappa shape index (κ1) is 12.5. The highest BCUT2D eigenvalue weighted by Crippen LogP contribution is 2.50. The average Bonchev–Trinajstić information content (AvgIpc) is 2.85. The number of ether oxygens (including phenoxy) is 3. The van der Waals surface area contributed by atoms with Gasteiger partial charge in [0.15, 0.2) is 23.1 Å². The third-order valence-electron chi connectivity index (χ3n) is 4.02. The van der Waals surface area contributed by atoms with Crippen LogP contribution in [0.1, 0.15) is 37.7 Å². The molecule has 1 fully saturated rings. The fraction of sp³-hybridized carbons (Fsp3) is 0.571. The molecule has 1 aliphatic carbocycles. The molecule has 3 rings (SSSR count). The van der Waals surface area contributed by atoms with Crippen molar-refractivity contribution in [3.05, 3.63) is 17.4 Å². The number of fused-ring (bicyclic) bond motifs is 1. The minimum atomic E-state index is -0.594. The van der Waals surface area contributed by atoms with Gasteiger partial charge in [-0.2, -0.15) is 0 Å². The lowest BCUT2D eigenvalue weighted by Crippen LogP contribution is -2.39. The fourth-order valence-corrected chi connectivity index (χ4v) is 3.08. The van der Waals surface area contributed by atoms with E-state index in [9.17, 15) is 4.39 Å². The molecular weight excluding hydrogens is 249 g/mol. The van der Waals surface area contributed by atoms with Crippen LogP contribution in [0.25, 0.3) is 0 Å². The predicted molar refractivity (Wildman–Crippen MR) is 68.0 cm³/mol. The van der Waals surface area contributed by atoms with Crippen molar-refractivity contribution in [3.63, 3.8) is 0 Å². The standard InChI is InChI=1S/C14H18FNO3/c1-17-12-9(15)7-10-13(19-8-18-10)11(12)14(16)5-3-2-4-6-14/h7H,2-6,8,16H2,1H3. The maximum Gasteiger partial charge on any atom is 0.231 e. The molecule has 1 aliphatic heterocycles. The summed E-state index contributed by atoms with van der Waals surface area (Å²) in [5.74, 6) is 0.706. The van der Waals surface area contributed by atoms with Crippen molar-refractivity contribution in [2.45, 2.75) is 37.6 Å². The van der Waals surface area contributed by atoms with Crippen LogP contribution in [-0.4, -0.2) is 13.9 Å². The summed E-state index contributed by atoms with van der Waals surface area (Å²) in [6, 6.07) is 1.30. The van der Waals surface area contributed by atoms with Crippen LogP contribution >= 0.6 is 0 Å². The quantitative estimate of drug-likeness (QED) is 0.895. The van der Waals surface area contributed by atoms with Crippen LogP contribution in [0.3, 0.4) is 0 Å². The number of benzene rings is 1. The second-order valence-corrected chi connectivity index (χ2v) is 5.22. The highest BCUT2D eigenvalue weighted by atomic mass is 19.1. The molecule has 0 spiro atoms. The van der Waals surface area contributed by atoms with E-state index in [2.05, 4.69) is 0 Å². The van der Waals surface area contributed by atoms with Crippen LogP contribution in [0.2, 0.25) is 0 Å². The van der Waals surface area contributed by atoms with Gasteiger partial charge in [0.25, 0.3) is 0 Å². The van der Waals surface area contributed by atoms with E-state index < -0.39 is 11.4 Å². The van der Waals surface area contributed by atoms with Gasteiger partial charge < -0.3 is 19.9 Å². The lowest BCUT2D eigenvalue weighted by molar-refractivity contribution is 0.170. The van der Waals surface area contributed by atoms with Gasteiger partial charge in [-0.25, -0.2) is 4.39 Å². The number of halogens is 1. The Kier molecular flexibility index (Phi) is 3.01. The summed E-state index contributed by atoms with van der Waals surface area (Å²) in [4.78, 5) is 0. The number of nitrogens with two attached hydrogens (primary N) is 1. The smallest absolute Gasteiger partial charge is 0.231 e. The Morgan fingerprint density at radius 1 is 1.26 bits per heavy atom. The molecule has 19 heavy (non-hydrogen) atoms. The van der Waals surface area contributed by atoms with Gasteiger partial charge in [0.2, 0.25) is 6.79 Å². The highest BCUT2D eigenvalue weighted by molar-refractivity contribution is 5.59. The Balaban J connectivity index is 2.17. The molecule has 0 amide bonds. The molecule has 1 aromatic rings. The van der Waals surface area contributed by atoms with E-state index in [1.54, 1.807) is 0 Å². The molecule has 0 unspecified atom stereocenters. The Labute approximate surface area is 111 Å². The number of rotatable bonds is 2. The second-order valence-electron chi connectivity index (χ2n) is 5.22. The summed E-state index contributed by atoms with van der Waals surface area (Å²) < 4.78 is 30.1. The third-order valence-corrected chi connectivity index (χ3v) is 4.02. The van der Waals surface area contributed by atoms with Gasteiger partial charge in [0.05, 0.1) is 12.7 Å². The van der Waals surface area contributed by atoms with Gasteiger partial charge in [-0.3, -0.25) is 0 Å². The van der Waals surface area contributed by atoms with Gasteiger partial charge in [-0.15, -0.1) is 0 Å². The average molecular weight is 267 g/mol. The summed E-state index contributed by atoms with van der Waals surface area (Å²) in [6.45, 7) is 0.102. The first-order valence-corrected chi connectivity index (χ1v) is 6.61. The Morgan fingerprint density at radius 3 is 2.68 bits per heavy atom. The first-order chi connectivity index (χ1) is 9.15. The summed E-state index contributed by atoms with van der Waals surface area (Å²) in [5, 5.41) is 0. The SMILES string of the molecule is COc1c(F)cc2c(c1C1(N)CCCCC1)OCO2. The summed E-state index contributed by atoms with van der Waals surface area (Å²) in [6.07, 6.45) is 4.85. The number of hydrogen-bond acceptors (Lipinski definition) is 4. The van der Waals surface area contributed by atoms with Crippen LogP contribution in [0.5, 0.6) is 17.2 Å². The van der Waals surface area contributed by atoms with E-state index >= 15 is 0 Å². The zero-order valence-corrected chi connectivity index (χ0v) is 11.0. The molecule has 104 valence electrons. The van der Waals surface area contributed by atoms with E-state index in [4.69, 9.17) is 19.9 Å². The molecule has 2 N–H and O–H groups in total. The highest BCUT2D eigenvalue weighted by Gasteiger charge is 2.39. The number of hydrogen-bond donors (Lipinski definition) is 1. The first-order valence-electron chi connectivity index (χ1n) is 6.61. The van der Waals surface area contributed by atoms with Crippen LogP contribution < -0.4 is 19.9 Å². The zero-order valence-electron chi connectivity index (χ0n) is 11.0. The van der Waals surface area contributed by atoms with E-state index in [0.29, 0.717) is 17.1 Å². The van der Waals surface area contributed by atoms with Crippen LogP contribution in [-0.2, 0) is 5.54 Å². The topological polar surface area (TPSA) is 53.7 Å². The fourth-order valence-electron chi connectivity index (χ4n) is 3.08. The lowest BCUT2D eigenvalue weighted by Gasteiger charge is -2.35. The van der Waals surface area contributed by atoms with Gasteiger partial charge in [0, 0.05) is 11.6 Å². The van der Waals surface area contributed by atoms with Gasteiger partial charge in [-0.05, 0) is 12.8 Å². The van der Waals surface area contributed by atoms with E-state index in [-0.39, 0.29) is 12.5 Å².